The van der Waals surface area contributed by atoms with Crippen LogP contribution in [0.5, 0.6) is 0 Å². The summed E-state index contributed by atoms with van der Waals surface area (Å²) in [7, 11) is 0. The zero-order chi connectivity index (χ0) is 9.15. The predicted octanol–water partition coefficient (Wildman–Crippen LogP) is 3.08. The molecule has 2 atom stereocenters. The first-order valence-electron chi connectivity index (χ1n) is 5.25. The number of ether oxygens (including phenoxy) is 1. The van der Waals surface area contributed by atoms with E-state index in [4.69, 9.17) is 4.74 Å². The second-order valence-corrected chi connectivity index (χ2v) is 4.21. The van der Waals surface area contributed by atoms with Gasteiger partial charge in [0, 0.05) is 12.0 Å². The van der Waals surface area contributed by atoms with Gasteiger partial charge >= 0.3 is 0 Å². The molecule has 1 aliphatic carbocycles. The largest absolute Gasteiger partial charge is 0.377 e. The van der Waals surface area contributed by atoms with Crippen LogP contribution >= 0.6 is 0 Å². The van der Waals surface area contributed by atoms with Crippen LogP contribution in [0.3, 0.4) is 0 Å². The molecular weight excluding hydrogens is 160 g/mol. The summed E-state index contributed by atoms with van der Waals surface area (Å²) < 4.78 is 5.78. The van der Waals surface area contributed by atoms with E-state index in [0.717, 1.165) is 13.0 Å². The van der Waals surface area contributed by atoms with E-state index in [1.807, 2.05) is 6.08 Å². The van der Waals surface area contributed by atoms with Crippen LogP contribution in [0, 0.1) is 5.41 Å². The maximum Gasteiger partial charge on any atom is 0.0669 e. The molecule has 0 radical (unpaired) electrons. The van der Waals surface area contributed by atoms with Gasteiger partial charge in [0.25, 0.3) is 0 Å². The standard InChI is InChI=1S/C12H18O/c1-2-6-11-12(9-10-13-11)7-4-3-5-8-12/h2-4,11H,1,5-10H2. The van der Waals surface area contributed by atoms with Gasteiger partial charge in [-0.1, -0.05) is 18.2 Å². The highest BCUT2D eigenvalue weighted by Gasteiger charge is 2.42. The van der Waals surface area contributed by atoms with Gasteiger partial charge in [-0.05, 0) is 32.1 Å². The third-order valence-corrected chi connectivity index (χ3v) is 3.48. The van der Waals surface area contributed by atoms with Crippen LogP contribution in [-0.2, 0) is 4.74 Å². The minimum Gasteiger partial charge on any atom is -0.377 e. The molecule has 2 aliphatic rings. The average molecular weight is 178 g/mol. The molecule has 0 bridgehead atoms. The minimum atomic E-state index is 0.440. The molecule has 0 aromatic rings. The number of hydrogen-bond donors (Lipinski definition) is 0. The lowest BCUT2D eigenvalue weighted by molar-refractivity contribution is 0.0460. The van der Waals surface area contributed by atoms with E-state index in [0.29, 0.717) is 11.5 Å². The quantitative estimate of drug-likeness (QED) is 0.590. The Morgan fingerprint density at radius 3 is 3.08 bits per heavy atom. The molecule has 0 saturated carbocycles. The van der Waals surface area contributed by atoms with Gasteiger partial charge in [0.05, 0.1) is 6.10 Å². The van der Waals surface area contributed by atoms with Gasteiger partial charge in [0.15, 0.2) is 0 Å². The third kappa shape index (κ3) is 1.58. The van der Waals surface area contributed by atoms with Crippen molar-refractivity contribution in [2.24, 2.45) is 5.41 Å². The Labute approximate surface area is 80.5 Å². The Balaban J connectivity index is 2.10. The van der Waals surface area contributed by atoms with Gasteiger partial charge < -0.3 is 4.74 Å². The second-order valence-electron chi connectivity index (χ2n) is 4.21. The smallest absolute Gasteiger partial charge is 0.0669 e. The summed E-state index contributed by atoms with van der Waals surface area (Å²) in [5.74, 6) is 0. The van der Waals surface area contributed by atoms with Gasteiger partial charge in [-0.2, -0.15) is 0 Å². The average Bonchev–Trinajstić information content (AvgIpc) is 2.52. The van der Waals surface area contributed by atoms with E-state index in [2.05, 4.69) is 18.7 Å². The Kier molecular flexibility index (Phi) is 2.54. The summed E-state index contributed by atoms with van der Waals surface area (Å²) in [6, 6.07) is 0. The minimum absolute atomic E-state index is 0.440. The zero-order valence-electron chi connectivity index (χ0n) is 8.17. The molecule has 1 nitrogen and oxygen atoms in total. The van der Waals surface area contributed by atoms with Gasteiger partial charge in [0.2, 0.25) is 0 Å². The van der Waals surface area contributed by atoms with Gasteiger partial charge in [-0.15, -0.1) is 6.58 Å². The van der Waals surface area contributed by atoms with Crippen LogP contribution in [-0.4, -0.2) is 12.7 Å². The van der Waals surface area contributed by atoms with E-state index >= 15 is 0 Å². The van der Waals surface area contributed by atoms with Crippen LogP contribution in [0.15, 0.2) is 24.8 Å². The molecule has 2 rings (SSSR count). The van der Waals surface area contributed by atoms with E-state index in [-0.39, 0.29) is 0 Å². The van der Waals surface area contributed by atoms with Crippen LogP contribution in [0.2, 0.25) is 0 Å². The summed E-state index contributed by atoms with van der Waals surface area (Å²) in [5, 5.41) is 0. The van der Waals surface area contributed by atoms with Crippen LogP contribution in [0.25, 0.3) is 0 Å². The van der Waals surface area contributed by atoms with E-state index in [9.17, 15) is 0 Å². The number of allylic oxidation sites excluding steroid dienone is 2. The van der Waals surface area contributed by atoms with E-state index < -0.39 is 0 Å². The van der Waals surface area contributed by atoms with Crippen molar-refractivity contribution in [2.75, 3.05) is 6.61 Å². The van der Waals surface area contributed by atoms with Crippen molar-refractivity contribution in [3.05, 3.63) is 24.8 Å². The van der Waals surface area contributed by atoms with Gasteiger partial charge in [-0.3, -0.25) is 0 Å². The van der Waals surface area contributed by atoms with Gasteiger partial charge in [-0.25, -0.2) is 0 Å². The van der Waals surface area contributed by atoms with E-state index in [1.54, 1.807) is 0 Å². The summed E-state index contributed by atoms with van der Waals surface area (Å²) >= 11 is 0. The molecule has 1 aliphatic heterocycles. The molecule has 1 heterocycles. The SMILES string of the molecule is C=CCC1OCCC12CC=CCC2. The summed E-state index contributed by atoms with van der Waals surface area (Å²) in [4.78, 5) is 0. The number of rotatable bonds is 2. The van der Waals surface area contributed by atoms with Crippen molar-refractivity contribution in [2.45, 2.75) is 38.2 Å². The Morgan fingerprint density at radius 2 is 2.38 bits per heavy atom. The molecule has 1 fully saturated rings. The maximum atomic E-state index is 5.78. The molecule has 72 valence electrons. The normalized spacial score (nSPS) is 38.3. The molecule has 13 heavy (non-hydrogen) atoms. The van der Waals surface area contributed by atoms with Crippen molar-refractivity contribution in [1.29, 1.82) is 0 Å². The fourth-order valence-corrected chi connectivity index (χ4v) is 2.64. The number of hydrogen-bond acceptors (Lipinski definition) is 1. The first kappa shape index (κ1) is 9.01. The highest BCUT2D eigenvalue weighted by atomic mass is 16.5. The highest BCUT2D eigenvalue weighted by molar-refractivity contribution is 5.04. The summed E-state index contributed by atoms with van der Waals surface area (Å²) in [6.45, 7) is 4.75. The molecular formula is C12H18O. The molecule has 0 N–H and O–H groups in total. The Hall–Kier alpha value is -0.560. The van der Waals surface area contributed by atoms with Crippen LogP contribution < -0.4 is 0 Å². The first-order valence-corrected chi connectivity index (χ1v) is 5.25. The summed E-state index contributed by atoms with van der Waals surface area (Å²) in [6.07, 6.45) is 13.1. The Morgan fingerprint density at radius 1 is 1.46 bits per heavy atom. The lowest BCUT2D eigenvalue weighted by atomic mass is 9.71. The first-order chi connectivity index (χ1) is 6.37. The molecule has 0 amide bonds. The molecule has 1 heteroatoms. The van der Waals surface area contributed by atoms with Crippen LogP contribution in [0.4, 0.5) is 0 Å². The maximum absolute atomic E-state index is 5.78. The van der Waals surface area contributed by atoms with Crippen molar-refractivity contribution in [3.63, 3.8) is 0 Å². The second kappa shape index (κ2) is 3.67. The predicted molar refractivity (Wildman–Crippen MR) is 54.6 cm³/mol. The summed E-state index contributed by atoms with van der Waals surface area (Å²) in [5.41, 5.74) is 0.461. The van der Waals surface area contributed by atoms with Crippen molar-refractivity contribution >= 4 is 0 Å². The molecule has 2 unspecified atom stereocenters. The molecule has 1 saturated heterocycles. The highest BCUT2D eigenvalue weighted by Crippen LogP contribution is 2.46. The molecule has 0 aromatic heterocycles. The van der Waals surface area contributed by atoms with Crippen molar-refractivity contribution < 1.29 is 4.74 Å². The monoisotopic (exact) mass is 178 g/mol. The fraction of sp³-hybridized carbons (Fsp3) is 0.667. The Bertz CT molecular complexity index is 219. The zero-order valence-corrected chi connectivity index (χ0v) is 8.17. The topological polar surface area (TPSA) is 9.23 Å². The fourth-order valence-electron chi connectivity index (χ4n) is 2.64. The van der Waals surface area contributed by atoms with E-state index in [1.165, 1.54) is 25.7 Å². The van der Waals surface area contributed by atoms with Crippen molar-refractivity contribution in [1.82, 2.24) is 0 Å². The van der Waals surface area contributed by atoms with Crippen molar-refractivity contribution in [3.8, 4) is 0 Å². The van der Waals surface area contributed by atoms with Gasteiger partial charge in [0.1, 0.15) is 0 Å². The third-order valence-electron chi connectivity index (χ3n) is 3.48. The molecule has 1 spiro atoms. The van der Waals surface area contributed by atoms with Crippen LogP contribution in [0.1, 0.15) is 32.1 Å². The lowest BCUT2D eigenvalue weighted by Gasteiger charge is -2.34. The molecule has 0 aromatic carbocycles. The lowest BCUT2D eigenvalue weighted by Crippen LogP contribution is -2.31.